The number of benzene rings is 9. The first kappa shape index (κ1) is 31.3. The van der Waals surface area contributed by atoms with E-state index < -0.39 is 0 Å². The van der Waals surface area contributed by atoms with Gasteiger partial charge in [0, 0.05) is 44.5 Å². The van der Waals surface area contributed by atoms with E-state index in [4.69, 9.17) is 8.83 Å². The molecular formula is C53H35NO2. The zero-order valence-electron chi connectivity index (χ0n) is 31.0. The van der Waals surface area contributed by atoms with Gasteiger partial charge in [-0.2, -0.15) is 0 Å². The summed E-state index contributed by atoms with van der Waals surface area (Å²) >= 11 is 0. The van der Waals surface area contributed by atoms with Crippen LogP contribution in [-0.4, -0.2) is 0 Å². The van der Waals surface area contributed by atoms with E-state index >= 15 is 0 Å². The first-order valence-electron chi connectivity index (χ1n) is 19.3. The molecule has 2 heterocycles. The molecule has 3 heteroatoms. The van der Waals surface area contributed by atoms with Crippen LogP contribution in [0.2, 0.25) is 0 Å². The maximum absolute atomic E-state index is 7.01. The van der Waals surface area contributed by atoms with Crippen LogP contribution < -0.4 is 4.90 Å². The van der Waals surface area contributed by atoms with Gasteiger partial charge in [0.05, 0.1) is 16.8 Å². The van der Waals surface area contributed by atoms with Gasteiger partial charge in [-0.1, -0.05) is 135 Å². The molecule has 56 heavy (non-hydrogen) atoms. The van der Waals surface area contributed by atoms with Crippen molar-refractivity contribution in [2.24, 2.45) is 0 Å². The van der Waals surface area contributed by atoms with E-state index in [1.54, 1.807) is 0 Å². The summed E-state index contributed by atoms with van der Waals surface area (Å²) in [5, 5.41) is 9.26. The highest BCUT2D eigenvalue weighted by atomic mass is 16.3. The normalized spacial score (nSPS) is 13.3. The van der Waals surface area contributed by atoms with E-state index in [1.807, 2.05) is 12.1 Å². The van der Waals surface area contributed by atoms with Crippen LogP contribution in [0.3, 0.4) is 0 Å². The molecule has 0 saturated carbocycles. The second kappa shape index (κ2) is 11.5. The van der Waals surface area contributed by atoms with E-state index in [0.29, 0.717) is 0 Å². The van der Waals surface area contributed by atoms with Crippen LogP contribution in [0.15, 0.2) is 185 Å². The fourth-order valence-corrected chi connectivity index (χ4v) is 9.67. The van der Waals surface area contributed by atoms with Gasteiger partial charge < -0.3 is 13.7 Å². The van der Waals surface area contributed by atoms with E-state index in [1.165, 1.54) is 43.8 Å². The summed E-state index contributed by atoms with van der Waals surface area (Å²) in [7, 11) is 0. The van der Waals surface area contributed by atoms with Gasteiger partial charge in [0.1, 0.15) is 22.3 Å². The molecule has 12 rings (SSSR count). The molecule has 0 fully saturated rings. The van der Waals surface area contributed by atoms with Gasteiger partial charge in [-0.25, -0.2) is 0 Å². The Hall–Kier alpha value is -7.10. The number of para-hydroxylation sites is 2. The van der Waals surface area contributed by atoms with Crippen LogP contribution in [0.1, 0.15) is 25.0 Å². The minimum Gasteiger partial charge on any atom is -0.456 e. The Morgan fingerprint density at radius 2 is 1.07 bits per heavy atom. The fraction of sp³-hybridized carbons (Fsp3) is 0.0566. The number of hydrogen-bond donors (Lipinski definition) is 0. The molecule has 3 nitrogen and oxygen atoms in total. The molecule has 0 amide bonds. The average molecular weight is 718 g/mol. The summed E-state index contributed by atoms with van der Waals surface area (Å²) in [6, 6.07) is 63.4. The Morgan fingerprint density at radius 3 is 1.93 bits per heavy atom. The SMILES string of the molecule is CC1(C)c2ccccc2-c2c(N(c3ccc4c(c3)oc3ccccc34)c3ccc(-c4cc5ccccc5c5ccccc45)c4oc5ccccc5c34)cccc21. The highest BCUT2D eigenvalue weighted by Gasteiger charge is 2.38. The van der Waals surface area contributed by atoms with Crippen molar-refractivity contribution in [1.29, 1.82) is 0 Å². The first-order valence-corrected chi connectivity index (χ1v) is 19.3. The van der Waals surface area contributed by atoms with Gasteiger partial charge in [-0.3, -0.25) is 0 Å². The number of anilines is 3. The van der Waals surface area contributed by atoms with E-state index in [-0.39, 0.29) is 5.41 Å². The number of hydrogen-bond acceptors (Lipinski definition) is 3. The molecule has 9 aromatic carbocycles. The van der Waals surface area contributed by atoms with Gasteiger partial charge in [-0.15, -0.1) is 0 Å². The van der Waals surface area contributed by atoms with E-state index in [9.17, 15) is 0 Å². The molecule has 1 aliphatic carbocycles. The highest BCUT2D eigenvalue weighted by Crippen LogP contribution is 2.56. The number of furan rings is 2. The molecule has 0 N–H and O–H groups in total. The summed E-state index contributed by atoms with van der Waals surface area (Å²) in [6.45, 7) is 4.69. The molecule has 264 valence electrons. The highest BCUT2D eigenvalue weighted by molar-refractivity contribution is 6.21. The van der Waals surface area contributed by atoms with Crippen LogP contribution in [0.4, 0.5) is 17.1 Å². The van der Waals surface area contributed by atoms with Crippen molar-refractivity contribution < 1.29 is 8.83 Å². The third kappa shape index (κ3) is 4.28. The number of nitrogens with zero attached hydrogens (tertiary/aromatic N) is 1. The average Bonchev–Trinajstić information content (AvgIpc) is 3.89. The Kier molecular flexibility index (Phi) is 6.40. The van der Waals surface area contributed by atoms with Crippen LogP contribution in [0, 0.1) is 0 Å². The van der Waals surface area contributed by atoms with Gasteiger partial charge in [-0.05, 0) is 92.3 Å². The lowest BCUT2D eigenvalue weighted by Crippen LogP contribution is -2.16. The Bertz CT molecular complexity index is 3420. The summed E-state index contributed by atoms with van der Waals surface area (Å²) < 4.78 is 13.6. The molecule has 1 aliphatic rings. The monoisotopic (exact) mass is 717 g/mol. The molecule has 0 radical (unpaired) electrons. The molecule has 0 aliphatic heterocycles. The predicted octanol–water partition coefficient (Wildman–Crippen LogP) is 15.2. The van der Waals surface area contributed by atoms with Crippen molar-refractivity contribution >= 4 is 82.5 Å². The first-order chi connectivity index (χ1) is 27.5. The molecule has 2 aromatic heterocycles. The zero-order valence-corrected chi connectivity index (χ0v) is 31.0. The van der Waals surface area contributed by atoms with Gasteiger partial charge in [0.2, 0.25) is 0 Å². The molecule has 11 aromatic rings. The summed E-state index contributed by atoms with van der Waals surface area (Å²) in [4.78, 5) is 2.44. The summed E-state index contributed by atoms with van der Waals surface area (Å²) in [6.07, 6.45) is 0. The summed E-state index contributed by atoms with van der Waals surface area (Å²) in [5.74, 6) is 0. The van der Waals surface area contributed by atoms with Crippen molar-refractivity contribution in [2.75, 3.05) is 4.90 Å². The second-order valence-electron chi connectivity index (χ2n) is 15.6. The predicted molar refractivity (Wildman–Crippen MR) is 234 cm³/mol. The van der Waals surface area contributed by atoms with Crippen LogP contribution in [-0.2, 0) is 5.41 Å². The van der Waals surface area contributed by atoms with Crippen molar-refractivity contribution in [2.45, 2.75) is 19.3 Å². The molecule has 0 saturated heterocycles. The zero-order chi connectivity index (χ0) is 37.1. The van der Waals surface area contributed by atoms with E-state index in [0.717, 1.165) is 72.1 Å². The Balaban J connectivity index is 1.20. The smallest absolute Gasteiger partial charge is 0.145 e. The topological polar surface area (TPSA) is 29.5 Å². The molecule has 0 unspecified atom stereocenters. The fourth-order valence-electron chi connectivity index (χ4n) is 9.67. The van der Waals surface area contributed by atoms with Gasteiger partial charge >= 0.3 is 0 Å². The van der Waals surface area contributed by atoms with Crippen LogP contribution >= 0.6 is 0 Å². The van der Waals surface area contributed by atoms with Gasteiger partial charge in [0.25, 0.3) is 0 Å². The van der Waals surface area contributed by atoms with E-state index in [2.05, 4.69) is 183 Å². The third-order valence-corrected chi connectivity index (χ3v) is 12.3. The lowest BCUT2D eigenvalue weighted by Gasteiger charge is -2.29. The molecular weight excluding hydrogens is 683 g/mol. The quantitative estimate of drug-likeness (QED) is 0.170. The third-order valence-electron chi connectivity index (χ3n) is 12.3. The van der Waals surface area contributed by atoms with Crippen molar-refractivity contribution in [3.05, 3.63) is 187 Å². The van der Waals surface area contributed by atoms with Crippen molar-refractivity contribution in [3.8, 4) is 22.3 Å². The minimum atomic E-state index is -0.158. The van der Waals surface area contributed by atoms with Crippen molar-refractivity contribution in [3.63, 3.8) is 0 Å². The van der Waals surface area contributed by atoms with Crippen LogP contribution in [0.25, 0.3) is 87.7 Å². The lowest BCUT2D eigenvalue weighted by atomic mass is 9.82. The summed E-state index contributed by atoms with van der Waals surface area (Å²) in [5.41, 5.74) is 13.9. The van der Waals surface area contributed by atoms with Crippen molar-refractivity contribution in [1.82, 2.24) is 0 Å². The number of fused-ring (bicyclic) bond motifs is 12. The molecule has 0 atom stereocenters. The molecule has 0 bridgehead atoms. The maximum Gasteiger partial charge on any atom is 0.145 e. The largest absolute Gasteiger partial charge is 0.456 e. The Labute approximate surface area is 323 Å². The minimum absolute atomic E-state index is 0.158. The Morgan fingerprint density at radius 1 is 0.411 bits per heavy atom. The number of rotatable bonds is 4. The second-order valence-corrected chi connectivity index (χ2v) is 15.6. The van der Waals surface area contributed by atoms with Crippen LogP contribution in [0.5, 0.6) is 0 Å². The molecule has 0 spiro atoms. The lowest BCUT2D eigenvalue weighted by molar-refractivity contribution is 0.660. The van der Waals surface area contributed by atoms with Gasteiger partial charge in [0.15, 0.2) is 0 Å². The maximum atomic E-state index is 7.01. The standard InChI is InChI=1S/C53H35NO2/c1-53(2)43-21-10-7-19-40(43)50-44(53)22-13-23-45(50)54(33-26-27-38-37-18-8-11-24-47(37)55-49(38)31-33)46-29-28-39(52-51(46)41-20-9-12-25-48(41)56-52)42-30-32-14-3-4-15-34(32)35-16-5-6-17-36(35)42/h3-31H,1-2H3.